The predicted molar refractivity (Wildman–Crippen MR) is 350 cm³/mol. The molecule has 0 heterocycles. The number of hydrogen-bond donors (Lipinski definition) is 6. The van der Waals surface area contributed by atoms with E-state index in [9.17, 15) is 30.6 Å². The first-order chi connectivity index (χ1) is 41.1. The van der Waals surface area contributed by atoms with Gasteiger partial charge < -0.3 is 30.6 Å². The molecule has 0 aromatic heterocycles. The first kappa shape index (κ1) is 59.1. The van der Waals surface area contributed by atoms with Gasteiger partial charge in [0.2, 0.25) is 0 Å². The zero-order valence-corrected chi connectivity index (χ0v) is 53.5. The van der Waals surface area contributed by atoms with Gasteiger partial charge in [-0.2, -0.15) is 0 Å². The number of phenols is 6. The van der Waals surface area contributed by atoms with Crippen LogP contribution >= 0.6 is 0 Å². The van der Waals surface area contributed by atoms with Crippen LogP contribution in [0.2, 0.25) is 0 Å². The van der Waals surface area contributed by atoms with Gasteiger partial charge in [-0.05, 0) is 290 Å². The van der Waals surface area contributed by atoms with Crippen LogP contribution in [0.5, 0.6) is 34.5 Å². The monoisotopic (exact) mass is 1160 g/mol. The summed E-state index contributed by atoms with van der Waals surface area (Å²) in [6.07, 6.45) is 29.0. The fourth-order valence-corrected chi connectivity index (χ4v) is 21.1. The number of benzene rings is 6. The van der Waals surface area contributed by atoms with Crippen molar-refractivity contribution in [3.05, 3.63) is 173 Å². The Hall–Kier alpha value is -5.88. The Kier molecular flexibility index (Phi) is 15.5. The Bertz CT molecular complexity index is 3180. The molecule has 8 aliphatic carbocycles. The van der Waals surface area contributed by atoms with Gasteiger partial charge in [0.25, 0.3) is 0 Å². The fraction of sp³-hybridized carbons (Fsp3) is 0.550. The number of rotatable bonds is 12. The first-order valence-corrected chi connectivity index (χ1v) is 34.2. The molecule has 4 bridgehead atoms. The average Bonchev–Trinajstić information content (AvgIpc) is 0.685. The molecule has 86 heavy (non-hydrogen) atoms. The van der Waals surface area contributed by atoms with Gasteiger partial charge in [-0.15, -0.1) is 0 Å². The second kappa shape index (κ2) is 22.6. The molecule has 6 N–H and O–H groups in total. The highest BCUT2D eigenvalue weighted by Gasteiger charge is 2.66. The maximum absolute atomic E-state index is 13.0. The summed E-state index contributed by atoms with van der Waals surface area (Å²) in [5.74, 6) is 2.57. The average molecular weight is 1160 g/mol. The summed E-state index contributed by atoms with van der Waals surface area (Å²) in [6.45, 7) is 17.9. The zero-order valence-electron chi connectivity index (χ0n) is 53.5. The molecule has 6 heteroatoms. The largest absolute Gasteiger partial charge is 0.508 e. The normalized spacial score (nSPS) is 25.9. The molecule has 8 aliphatic rings. The molecule has 456 valence electrons. The second-order valence-electron chi connectivity index (χ2n) is 31.0. The van der Waals surface area contributed by atoms with E-state index in [0.717, 1.165) is 230 Å². The summed E-state index contributed by atoms with van der Waals surface area (Å²) in [7, 11) is 0. The van der Waals surface area contributed by atoms with E-state index in [4.69, 9.17) is 0 Å². The topological polar surface area (TPSA) is 121 Å². The summed E-state index contributed by atoms with van der Waals surface area (Å²) in [4.78, 5) is 0. The standard InChI is InChI=1S/C80H100O6/c1-47-31-69(81)63(53-21-13-9-14-22-53)37-59(47)73(60-38-64(70(82)32-48(60)2)54-23-15-10-16-24-54)67-35-57(29-51(5)75(67)85)79-42-77(7)41-78(8,43-79)45-80(44-77,46-79)58-30-52(6)76(86)68(36-58)74(61-39-65(71(83)33-49(61)3)55-25-17-11-18-26-55)62-40-66(72(84)34-50(62)4)56-27-19-12-20-28-56/h29-40,53-56,73-74,81-86H,9-28,41-46H2,1-8H3. The Morgan fingerprint density at radius 2 is 0.547 bits per heavy atom. The highest BCUT2D eigenvalue weighted by molar-refractivity contribution is 5.63. The van der Waals surface area contributed by atoms with Crippen molar-refractivity contribution in [2.75, 3.05) is 0 Å². The van der Waals surface area contributed by atoms with Gasteiger partial charge in [0.05, 0.1) is 0 Å². The van der Waals surface area contributed by atoms with E-state index in [-0.39, 0.29) is 57.2 Å². The van der Waals surface area contributed by atoms with Gasteiger partial charge >= 0.3 is 0 Å². The van der Waals surface area contributed by atoms with Gasteiger partial charge in [0, 0.05) is 23.0 Å². The maximum atomic E-state index is 13.0. The van der Waals surface area contributed by atoms with Crippen molar-refractivity contribution in [1.29, 1.82) is 0 Å². The van der Waals surface area contributed by atoms with Crippen LogP contribution in [0.15, 0.2) is 72.8 Å². The molecular formula is C80H100O6. The third-order valence-corrected chi connectivity index (χ3v) is 24.2. The van der Waals surface area contributed by atoms with Gasteiger partial charge in [-0.1, -0.05) is 139 Å². The van der Waals surface area contributed by atoms with Crippen LogP contribution in [-0.2, 0) is 10.8 Å². The number of hydrogen-bond acceptors (Lipinski definition) is 6. The summed E-state index contributed by atoms with van der Waals surface area (Å²) >= 11 is 0. The van der Waals surface area contributed by atoms with E-state index in [0.29, 0.717) is 34.5 Å². The molecule has 14 rings (SSSR count). The minimum atomic E-state index is -0.350. The van der Waals surface area contributed by atoms with Crippen molar-refractivity contribution in [3.8, 4) is 34.5 Å². The van der Waals surface area contributed by atoms with Crippen molar-refractivity contribution in [2.24, 2.45) is 10.8 Å². The first-order valence-electron chi connectivity index (χ1n) is 34.2. The minimum Gasteiger partial charge on any atom is -0.508 e. The highest BCUT2D eigenvalue weighted by Crippen LogP contribution is 2.75. The van der Waals surface area contributed by atoms with Crippen LogP contribution < -0.4 is 0 Å². The Morgan fingerprint density at radius 1 is 0.291 bits per heavy atom. The summed E-state index contributed by atoms with van der Waals surface area (Å²) < 4.78 is 0. The molecule has 8 saturated carbocycles. The number of phenolic OH excluding ortho intramolecular Hbond substituents is 6. The number of aromatic hydroxyl groups is 6. The lowest BCUT2D eigenvalue weighted by atomic mass is 9.34. The van der Waals surface area contributed by atoms with Crippen molar-refractivity contribution in [2.45, 2.75) is 269 Å². The lowest BCUT2D eigenvalue weighted by Crippen LogP contribution is -2.62. The molecule has 0 atom stereocenters. The van der Waals surface area contributed by atoms with Crippen molar-refractivity contribution in [1.82, 2.24) is 0 Å². The fourth-order valence-electron chi connectivity index (χ4n) is 21.1. The van der Waals surface area contributed by atoms with Crippen molar-refractivity contribution >= 4 is 0 Å². The Labute approximate surface area is 514 Å². The van der Waals surface area contributed by atoms with Gasteiger partial charge in [0.1, 0.15) is 34.5 Å². The predicted octanol–water partition coefficient (Wildman–Crippen LogP) is 20.9. The third-order valence-electron chi connectivity index (χ3n) is 24.2. The molecular weight excluding hydrogens is 1060 g/mol. The van der Waals surface area contributed by atoms with Crippen LogP contribution in [0.25, 0.3) is 0 Å². The van der Waals surface area contributed by atoms with E-state index >= 15 is 0 Å². The van der Waals surface area contributed by atoms with Crippen LogP contribution in [0.3, 0.4) is 0 Å². The molecule has 0 unspecified atom stereocenters. The Balaban J connectivity index is 0.983. The summed E-state index contributed by atoms with van der Waals surface area (Å²) in [5, 5.41) is 73.4. The third kappa shape index (κ3) is 10.5. The molecule has 0 saturated heterocycles. The van der Waals surface area contributed by atoms with E-state index in [1.54, 1.807) is 0 Å². The summed E-state index contributed by atoms with van der Waals surface area (Å²) in [6, 6.07) is 26.8. The second-order valence-corrected chi connectivity index (χ2v) is 31.0. The van der Waals surface area contributed by atoms with E-state index in [1.807, 2.05) is 24.3 Å². The molecule has 6 nitrogen and oxygen atoms in total. The molecule has 0 aliphatic heterocycles. The molecule has 0 amide bonds. The maximum Gasteiger partial charge on any atom is 0.122 e. The molecule has 0 spiro atoms. The molecule has 6 aromatic carbocycles. The van der Waals surface area contributed by atoms with Crippen LogP contribution in [0.1, 0.15) is 316 Å². The van der Waals surface area contributed by atoms with Crippen molar-refractivity contribution in [3.63, 3.8) is 0 Å². The van der Waals surface area contributed by atoms with E-state index < -0.39 is 0 Å². The minimum absolute atomic E-state index is 0.0238. The Morgan fingerprint density at radius 3 is 0.802 bits per heavy atom. The molecule has 8 fully saturated rings. The SMILES string of the molecule is Cc1cc(O)c(C2CCCCC2)cc1C(c1cc(C2CCCCC2)c(O)cc1C)c1cc(C23CC4(C)CC(C)(C2)CC(c2cc(C)c(O)c(C(c5cc(C6CCCCC6)c(O)cc5C)c5cc(C6CCCCC6)c(O)cc5C)c2)(C4)C3)cc(C)c1O. The quantitative estimate of drug-likeness (QED) is 0.0679. The van der Waals surface area contributed by atoms with Crippen LogP contribution in [-0.4, -0.2) is 30.6 Å². The summed E-state index contributed by atoms with van der Waals surface area (Å²) in [5.41, 5.74) is 18.4. The lowest BCUT2D eigenvalue weighted by molar-refractivity contribution is -0.126. The highest BCUT2D eigenvalue weighted by atomic mass is 16.3. The smallest absolute Gasteiger partial charge is 0.122 e. The van der Waals surface area contributed by atoms with Gasteiger partial charge in [0.15, 0.2) is 0 Å². The lowest BCUT2D eigenvalue weighted by Gasteiger charge is -2.70. The van der Waals surface area contributed by atoms with Crippen LogP contribution in [0.4, 0.5) is 0 Å². The van der Waals surface area contributed by atoms with Crippen LogP contribution in [0, 0.1) is 52.4 Å². The number of aryl methyl sites for hydroxylation is 6. The van der Waals surface area contributed by atoms with Gasteiger partial charge in [-0.25, -0.2) is 0 Å². The molecule has 6 aromatic rings. The van der Waals surface area contributed by atoms with Crippen molar-refractivity contribution < 1.29 is 30.6 Å². The zero-order chi connectivity index (χ0) is 60.2. The van der Waals surface area contributed by atoms with Gasteiger partial charge in [-0.3, -0.25) is 0 Å². The molecule has 0 radical (unpaired) electrons. The van der Waals surface area contributed by atoms with E-state index in [1.165, 1.54) is 36.8 Å². The van der Waals surface area contributed by atoms with E-state index in [2.05, 4.69) is 104 Å².